The van der Waals surface area contributed by atoms with Crippen LogP contribution in [0.4, 0.5) is 13.2 Å². The monoisotopic (exact) mass is 370 g/mol. The third-order valence-electron chi connectivity index (χ3n) is 5.08. The minimum Gasteiger partial charge on any atom is -0.487 e. The molecule has 1 atom stereocenters. The van der Waals surface area contributed by atoms with E-state index in [0.717, 1.165) is 38.1 Å². The molecule has 9 heteroatoms. The van der Waals surface area contributed by atoms with Crippen LogP contribution >= 0.6 is 0 Å². The third kappa shape index (κ3) is 3.77. The number of aliphatic hydroxyl groups is 1. The van der Waals surface area contributed by atoms with Crippen molar-refractivity contribution in [2.75, 3.05) is 0 Å². The lowest BCUT2D eigenvalue weighted by molar-refractivity contribution is -0.145. The number of rotatable bonds is 5. The van der Waals surface area contributed by atoms with E-state index in [1.54, 1.807) is 12.2 Å². The van der Waals surface area contributed by atoms with Gasteiger partial charge in [-0.2, -0.15) is 13.2 Å². The minimum atomic E-state index is -4.56. The van der Waals surface area contributed by atoms with Crippen molar-refractivity contribution in [2.45, 2.75) is 44.1 Å². The second-order valence-corrected chi connectivity index (χ2v) is 7.05. The molecule has 2 aliphatic carbocycles. The summed E-state index contributed by atoms with van der Waals surface area (Å²) in [6.07, 6.45) is 4.57. The number of aliphatic hydroxyl groups excluding tert-OH is 1. The first-order chi connectivity index (χ1) is 12.2. The fraction of sp³-hybridized carbons (Fsp3) is 0.529. The molecule has 1 aromatic rings. The Morgan fingerprint density at radius 2 is 1.88 bits per heavy atom. The molecular weight excluding hydrogens is 349 g/mol. The highest BCUT2D eigenvalue weighted by atomic mass is 19.4. The van der Waals surface area contributed by atoms with Gasteiger partial charge >= 0.3 is 6.18 Å². The Morgan fingerprint density at radius 1 is 1.27 bits per heavy atom. The van der Waals surface area contributed by atoms with Crippen LogP contribution < -0.4 is 16.2 Å². The lowest BCUT2D eigenvalue weighted by Gasteiger charge is -2.58. The van der Waals surface area contributed by atoms with Gasteiger partial charge in [-0.3, -0.25) is 0 Å². The fourth-order valence-electron chi connectivity index (χ4n) is 3.85. The number of alkyl halides is 3. The summed E-state index contributed by atoms with van der Waals surface area (Å²) in [4.78, 5) is 6.56. The zero-order chi connectivity index (χ0) is 18.9. The van der Waals surface area contributed by atoms with Crippen LogP contribution in [0.15, 0.2) is 36.4 Å². The van der Waals surface area contributed by atoms with Gasteiger partial charge in [0.05, 0.1) is 24.6 Å². The molecule has 2 aliphatic rings. The van der Waals surface area contributed by atoms with Crippen molar-refractivity contribution in [2.24, 2.45) is 22.8 Å². The van der Waals surface area contributed by atoms with Crippen molar-refractivity contribution in [1.82, 2.24) is 9.97 Å². The Labute approximate surface area is 148 Å². The van der Waals surface area contributed by atoms with Crippen molar-refractivity contribution in [3.05, 3.63) is 42.3 Å². The number of nitrogens with two attached hydrogens (primary N) is 2. The van der Waals surface area contributed by atoms with E-state index in [9.17, 15) is 18.3 Å². The lowest BCUT2D eigenvalue weighted by Crippen LogP contribution is -2.55. The normalized spacial score (nSPS) is 30.1. The van der Waals surface area contributed by atoms with E-state index in [2.05, 4.69) is 9.97 Å². The van der Waals surface area contributed by atoms with Gasteiger partial charge in [0.15, 0.2) is 5.75 Å². The molecule has 6 nitrogen and oxygen atoms in total. The van der Waals surface area contributed by atoms with Crippen LogP contribution in [0.5, 0.6) is 5.75 Å². The highest BCUT2D eigenvalue weighted by molar-refractivity contribution is 5.19. The average molecular weight is 370 g/mol. The second kappa shape index (κ2) is 6.79. The molecule has 5 N–H and O–H groups in total. The van der Waals surface area contributed by atoms with Gasteiger partial charge in [-0.15, -0.1) is 0 Å². The zero-order valence-corrected chi connectivity index (χ0v) is 14.0. The Balaban J connectivity index is 1.46. The standard InChI is InChI=1S/C17H21F3N4O2/c18-17(19,20)15-23-8-12(9-24-15)26-11-6-16(7-11)4-10(5-16)14(25)13(22)2-1-3-21/h1-3,8-11,14,25H,4-7,21-22H2/b3-1-,13-2-. The first-order valence-corrected chi connectivity index (χ1v) is 8.30. The van der Waals surface area contributed by atoms with Gasteiger partial charge in [-0.05, 0) is 55.4 Å². The minimum absolute atomic E-state index is 0.0681. The first-order valence-electron chi connectivity index (χ1n) is 8.30. The van der Waals surface area contributed by atoms with E-state index in [-0.39, 0.29) is 23.2 Å². The highest BCUT2D eigenvalue weighted by Gasteiger charge is 2.55. The summed E-state index contributed by atoms with van der Waals surface area (Å²) >= 11 is 0. The lowest BCUT2D eigenvalue weighted by atomic mass is 9.49. The summed E-state index contributed by atoms with van der Waals surface area (Å²) in [6, 6.07) is 0. The molecule has 0 aromatic carbocycles. The summed E-state index contributed by atoms with van der Waals surface area (Å²) in [6.45, 7) is 0. The molecule has 1 unspecified atom stereocenters. The van der Waals surface area contributed by atoms with Gasteiger partial charge < -0.3 is 21.3 Å². The number of hydrogen-bond donors (Lipinski definition) is 3. The number of nitrogens with zero attached hydrogens (tertiary/aromatic N) is 2. The molecule has 2 saturated carbocycles. The fourth-order valence-corrected chi connectivity index (χ4v) is 3.85. The molecule has 1 aromatic heterocycles. The van der Waals surface area contributed by atoms with Gasteiger partial charge in [0.25, 0.3) is 0 Å². The molecule has 142 valence electrons. The first kappa shape index (κ1) is 18.5. The number of halogens is 3. The summed E-state index contributed by atoms with van der Waals surface area (Å²) in [5.74, 6) is -0.844. The van der Waals surface area contributed by atoms with Crippen LogP contribution in [-0.4, -0.2) is 27.3 Å². The van der Waals surface area contributed by atoms with Gasteiger partial charge in [0.1, 0.15) is 0 Å². The molecule has 1 spiro atoms. The third-order valence-corrected chi connectivity index (χ3v) is 5.08. The van der Waals surface area contributed by atoms with E-state index in [0.29, 0.717) is 5.70 Å². The zero-order valence-electron chi connectivity index (χ0n) is 14.0. The van der Waals surface area contributed by atoms with Gasteiger partial charge in [-0.25, -0.2) is 9.97 Å². The van der Waals surface area contributed by atoms with E-state index in [1.807, 2.05) is 0 Å². The van der Waals surface area contributed by atoms with Crippen LogP contribution in [0.25, 0.3) is 0 Å². The number of ether oxygens (including phenoxy) is 1. The van der Waals surface area contributed by atoms with Crippen LogP contribution in [0.3, 0.4) is 0 Å². The predicted octanol–water partition coefficient (Wildman–Crippen LogP) is 2.11. The molecule has 2 fully saturated rings. The van der Waals surface area contributed by atoms with Gasteiger partial charge in [0, 0.05) is 5.70 Å². The van der Waals surface area contributed by atoms with Crippen LogP contribution in [0, 0.1) is 11.3 Å². The summed E-state index contributed by atoms with van der Waals surface area (Å²) < 4.78 is 42.9. The summed E-state index contributed by atoms with van der Waals surface area (Å²) in [7, 11) is 0. The maximum absolute atomic E-state index is 12.4. The number of hydrogen-bond acceptors (Lipinski definition) is 6. The van der Waals surface area contributed by atoms with Crippen LogP contribution in [0.1, 0.15) is 31.5 Å². The topological polar surface area (TPSA) is 107 Å². The smallest absolute Gasteiger partial charge is 0.451 e. The van der Waals surface area contributed by atoms with Crippen molar-refractivity contribution >= 4 is 0 Å². The summed E-state index contributed by atoms with van der Waals surface area (Å²) in [5, 5.41) is 10.2. The number of allylic oxidation sites excluding steroid dienone is 2. The highest BCUT2D eigenvalue weighted by Crippen LogP contribution is 2.60. The van der Waals surface area contributed by atoms with Gasteiger partial charge in [-0.1, -0.05) is 0 Å². The predicted molar refractivity (Wildman–Crippen MR) is 87.4 cm³/mol. The Hall–Kier alpha value is -2.29. The molecule has 0 amide bonds. The van der Waals surface area contributed by atoms with Crippen LogP contribution in [0.2, 0.25) is 0 Å². The van der Waals surface area contributed by atoms with Crippen molar-refractivity contribution < 1.29 is 23.0 Å². The molecule has 26 heavy (non-hydrogen) atoms. The maximum Gasteiger partial charge on any atom is 0.451 e. The Bertz CT molecular complexity index is 689. The van der Waals surface area contributed by atoms with E-state index >= 15 is 0 Å². The SMILES string of the molecule is N/C=C\C=C(/N)C(O)C1CC2(CC(Oc3cnc(C(F)(F)F)nc3)C2)C1. The molecule has 0 bridgehead atoms. The maximum atomic E-state index is 12.4. The molecule has 0 saturated heterocycles. The van der Waals surface area contributed by atoms with Gasteiger partial charge in [0.2, 0.25) is 5.82 Å². The quantitative estimate of drug-likeness (QED) is 0.685. The average Bonchev–Trinajstić information content (AvgIpc) is 2.52. The van der Waals surface area contributed by atoms with E-state index in [4.69, 9.17) is 16.2 Å². The van der Waals surface area contributed by atoms with Crippen molar-refractivity contribution in [3.63, 3.8) is 0 Å². The van der Waals surface area contributed by atoms with Crippen molar-refractivity contribution in [3.8, 4) is 5.75 Å². The molecule has 1 heterocycles. The summed E-state index contributed by atoms with van der Waals surface area (Å²) in [5.41, 5.74) is 11.6. The Kier molecular flexibility index (Phi) is 4.83. The van der Waals surface area contributed by atoms with Crippen molar-refractivity contribution in [1.29, 1.82) is 0 Å². The molecule has 0 aliphatic heterocycles. The Morgan fingerprint density at radius 3 is 2.42 bits per heavy atom. The van der Waals surface area contributed by atoms with E-state index in [1.165, 1.54) is 6.20 Å². The molecule has 3 rings (SSSR count). The second-order valence-electron chi connectivity index (χ2n) is 7.05. The largest absolute Gasteiger partial charge is 0.487 e. The molecular formula is C17H21F3N4O2. The molecule has 0 radical (unpaired) electrons. The number of aromatic nitrogens is 2. The van der Waals surface area contributed by atoms with Crippen LogP contribution in [-0.2, 0) is 6.18 Å². The van der Waals surface area contributed by atoms with E-state index < -0.39 is 18.1 Å².